The topological polar surface area (TPSA) is 66.9 Å². The predicted octanol–water partition coefficient (Wildman–Crippen LogP) is 1.93. The van der Waals surface area contributed by atoms with Crippen molar-refractivity contribution in [2.24, 2.45) is 0 Å². The summed E-state index contributed by atoms with van der Waals surface area (Å²) in [6.07, 6.45) is 6.97. The van der Waals surface area contributed by atoms with Gasteiger partial charge in [0.1, 0.15) is 17.6 Å². The number of aromatic nitrogens is 4. The van der Waals surface area contributed by atoms with Gasteiger partial charge in [-0.25, -0.2) is 9.97 Å². The number of morpholine rings is 1. The Labute approximate surface area is 121 Å². The van der Waals surface area contributed by atoms with Crippen LogP contribution in [0.2, 0.25) is 0 Å². The molecule has 6 heteroatoms. The standard InChI is InChI=1S/C15H15N5O/c1-2-11-8-12(19-15(11)18-3-1)13-10-20(6-7-21-13)14-9-16-4-5-17-14/h1-5,8-9,13H,6-7,10H2,(H,18,19). The highest BCUT2D eigenvalue weighted by molar-refractivity contribution is 5.76. The van der Waals surface area contributed by atoms with Crippen LogP contribution in [0.1, 0.15) is 11.8 Å². The van der Waals surface area contributed by atoms with Crippen molar-refractivity contribution >= 4 is 16.9 Å². The van der Waals surface area contributed by atoms with Gasteiger partial charge in [-0.2, -0.15) is 0 Å². The van der Waals surface area contributed by atoms with Crippen LogP contribution < -0.4 is 4.90 Å². The van der Waals surface area contributed by atoms with Crippen molar-refractivity contribution in [2.75, 3.05) is 24.6 Å². The van der Waals surface area contributed by atoms with Crippen LogP contribution in [0.15, 0.2) is 43.0 Å². The molecule has 0 bridgehead atoms. The number of hydrogen-bond donors (Lipinski definition) is 1. The quantitative estimate of drug-likeness (QED) is 0.777. The molecule has 3 aromatic rings. The Bertz CT molecular complexity index is 709. The van der Waals surface area contributed by atoms with Gasteiger partial charge in [0.15, 0.2) is 0 Å². The van der Waals surface area contributed by atoms with Crippen molar-refractivity contribution in [3.63, 3.8) is 0 Å². The van der Waals surface area contributed by atoms with Gasteiger partial charge in [-0.05, 0) is 18.2 Å². The molecule has 0 amide bonds. The van der Waals surface area contributed by atoms with Crippen molar-refractivity contribution in [3.8, 4) is 0 Å². The van der Waals surface area contributed by atoms with E-state index in [1.54, 1.807) is 24.8 Å². The Balaban J connectivity index is 1.60. The molecular weight excluding hydrogens is 266 g/mol. The van der Waals surface area contributed by atoms with E-state index in [2.05, 4.69) is 30.9 Å². The number of nitrogens with one attached hydrogen (secondary N) is 1. The molecule has 1 unspecified atom stereocenters. The number of nitrogens with zero attached hydrogens (tertiary/aromatic N) is 4. The molecule has 1 saturated heterocycles. The van der Waals surface area contributed by atoms with E-state index < -0.39 is 0 Å². The Hall–Kier alpha value is -2.47. The summed E-state index contributed by atoms with van der Waals surface area (Å²) in [4.78, 5) is 18.3. The van der Waals surface area contributed by atoms with Gasteiger partial charge in [0.2, 0.25) is 0 Å². The summed E-state index contributed by atoms with van der Waals surface area (Å²) in [5.74, 6) is 0.889. The van der Waals surface area contributed by atoms with Crippen molar-refractivity contribution in [3.05, 3.63) is 48.7 Å². The van der Waals surface area contributed by atoms with Gasteiger partial charge < -0.3 is 14.6 Å². The number of pyridine rings is 1. The van der Waals surface area contributed by atoms with Crippen molar-refractivity contribution in [2.45, 2.75) is 6.10 Å². The molecule has 0 aliphatic carbocycles. The maximum absolute atomic E-state index is 5.90. The predicted molar refractivity (Wildman–Crippen MR) is 79.0 cm³/mol. The normalized spacial score (nSPS) is 19.0. The largest absolute Gasteiger partial charge is 0.368 e. The highest BCUT2D eigenvalue weighted by Crippen LogP contribution is 2.26. The van der Waals surface area contributed by atoms with Crippen LogP contribution in [0.25, 0.3) is 11.0 Å². The van der Waals surface area contributed by atoms with Crippen LogP contribution in [0, 0.1) is 0 Å². The van der Waals surface area contributed by atoms with E-state index in [-0.39, 0.29) is 6.10 Å². The molecule has 0 aromatic carbocycles. The third-order valence-electron chi connectivity index (χ3n) is 3.70. The second-order valence-corrected chi connectivity index (χ2v) is 5.03. The third kappa shape index (κ3) is 2.34. The molecule has 3 aromatic heterocycles. The lowest BCUT2D eigenvalue weighted by Gasteiger charge is -2.33. The van der Waals surface area contributed by atoms with Crippen LogP contribution in [0.4, 0.5) is 5.82 Å². The van der Waals surface area contributed by atoms with Crippen molar-refractivity contribution in [1.82, 2.24) is 19.9 Å². The van der Waals surface area contributed by atoms with E-state index in [0.29, 0.717) is 6.61 Å². The van der Waals surface area contributed by atoms with Gasteiger partial charge in [-0.3, -0.25) is 4.98 Å². The first-order chi connectivity index (χ1) is 10.4. The number of anilines is 1. The Kier molecular flexibility index (Phi) is 3.01. The smallest absolute Gasteiger partial charge is 0.147 e. The number of rotatable bonds is 2. The summed E-state index contributed by atoms with van der Waals surface area (Å²) in [6.45, 7) is 2.25. The zero-order valence-corrected chi connectivity index (χ0v) is 11.4. The maximum Gasteiger partial charge on any atom is 0.147 e. The molecule has 21 heavy (non-hydrogen) atoms. The zero-order chi connectivity index (χ0) is 14.1. The van der Waals surface area contributed by atoms with E-state index in [9.17, 15) is 0 Å². The van der Waals surface area contributed by atoms with Gasteiger partial charge in [-0.15, -0.1) is 0 Å². The fourth-order valence-corrected chi connectivity index (χ4v) is 2.65. The number of ether oxygens (including phenoxy) is 1. The van der Waals surface area contributed by atoms with Crippen LogP contribution in [0.3, 0.4) is 0 Å². The van der Waals surface area contributed by atoms with E-state index in [1.165, 1.54) is 0 Å². The molecule has 1 aliphatic rings. The molecular formula is C15H15N5O. The Morgan fingerprint density at radius 3 is 3.10 bits per heavy atom. The summed E-state index contributed by atoms with van der Waals surface area (Å²) < 4.78 is 5.90. The lowest BCUT2D eigenvalue weighted by atomic mass is 10.2. The molecule has 0 spiro atoms. The van der Waals surface area contributed by atoms with Crippen molar-refractivity contribution < 1.29 is 4.74 Å². The molecule has 1 atom stereocenters. The Morgan fingerprint density at radius 2 is 2.24 bits per heavy atom. The fraction of sp³-hybridized carbons (Fsp3) is 0.267. The first kappa shape index (κ1) is 12.3. The highest BCUT2D eigenvalue weighted by atomic mass is 16.5. The Morgan fingerprint density at radius 1 is 1.24 bits per heavy atom. The van der Waals surface area contributed by atoms with Crippen LogP contribution in [0.5, 0.6) is 0 Å². The lowest BCUT2D eigenvalue weighted by molar-refractivity contribution is 0.0372. The minimum atomic E-state index is -0.00467. The fourth-order valence-electron chi connectivity index (χ4n) is 2.65. The van der Waals surface area contributed by atoms with Gasteiger partial charge in [0, 0.05) is 36.2 Å². The molecule has 4 rings (SSSR count). The molecule has 6 nitrogen and oxygen atoms in total. The third-order valence-corrected chi connectivity index (χ3v) is 3.70. The molecule has 106 valence electrons. The summed E-state index contributed by atoms with van der Waals surface area (Å²) in [6, 6.07) is 6.09. The van der Waals surface area contributed by atoms with Crippen LogP contribution in [-0.2, 0) is 4.74 Å². The van der Waals surface area contributed by atoms with Gasteiger partial charge in [0.25, 0.3) is 0 Å². The average Bonchev–Trinajstić information content (AvgIpc) is 3.00. The summed E-state index contributed by atoms with van der Waals surface area (Å²) in [7, 11) is 0. The summed E-state index contributed by atoms with van der Waals surface area (Å²) in [5.41, 5.74) is 1.95. The van der Waals surface area contributed by atoms with E-state index >= 15 is 0 Å². The van der Waals surface area contributed by atoms with Crippen LogP contribution in [-0.4, -0.2) is 39.6 Å². The monoisotopic (exact) mass is 281 g/mol. The molecule has 1 fully saturated rings. The number of hydrogen-bond acceptors (Lipinski definition) is 5. The maximum atomic E-state index is 5.90. The summed E-state index contributed by atoms with van der Waals surface area (Å²) in [5, 5.41) is 1.10. The first-order valence-electron chi connectivity index (χ1n) is 6.96. The van der Waals surface area contributed by atoms with Gasteiger partial charge >= 0.3 is 0 Å². The number of H-pyrrole nitrogens is 1. The second kappa shape index (κ2) is 5.14. The summed E-state index contributed by atoms with van der Waals surface area (Å²) >= 11 is 0. The highest BCUT2D eigenvalue weighted by Gasteiger charge is 2.24. The zero-order valence-electron chi connectivity index (χ0n) is 11.4. The number of fused-ring (bicyclic) bond motifs is 1. The SMILES string of the molecule is c1cnc2[nH]c(C3CN(c4cnccn4)CCO3)cc2c1. The molecule has 1 aliphatic heterocycles. The van der Waals surface area contributed by atoms with Crippen molar-refractivity contribution in [1.29, 1.82) is 0 Å². The molecule has 4 heterocycles. The van der Waals surface area contributed by atoms with E-state index in [1.807, 2.05) is 12.1 Å². The van der Waals surface area contributed by atoms with Crippen LogP contribution >= 0.6 is 0 Å². The first-order valence-corrected chi connectivity index (χ1v) is 6.96. The van der Waals surface area contributed by atoms with Gasteiger partial charge in [0.05, 0.1) is 19.3 Å². The second-order valence-electron chi connectivity index (χ2n) is 5.03. The van der Waals surface area contributed by atoms with Gasteiger partial charge in [-0.1, -0.05) is 0 Å². The molecule has 0 radical (unpaired) electrons. The minimum absolute atomic E-state index is 0.00467. The average molecular weight is 281 g/mol. The lowest BCUT2D eigenvalue weighted by Crippen LogP contribution is -2.39. The molecule has 0 saturated carbocycles. The van der Waals surface area contributed by atoms with E-state index in [4.69, 9.17) is 4.74 Å². The molecule has 1 N–H and O–H groups in total. The van der Waals surface area contributed by atoms with E-state index in [0.717, 1.165) is 35.6 Å². The minimum Gasteiger partial charge on any atom is -0.368 e. The number of aromatic amines is 1.